The van der Waals surface area contributed by atoms with E-state index in [1.165, 1.54) is 0 Å². The Balaban J connectivity index is 2.87. The Labute approximate surface area is 92.1 Å². The molecule has 0 aromatic rings. The van der Waals surface area contributed by atoms with Crippen molar-refractivity contribution in [3.63, 3.8) is 0 Å². The number of carbonyl (C=O) groups is 1. The van der Waals surface area contributed by atoms with Gasteiger partial charge in [0.25, 0.3) is 0 Å². The van der Waals surface area contributed by atoms with Crippen LogP contribution in [0.25, 0.3) is 0 Å². The number of hydrogen-bond donors (Lipinski definition) is 0. The number of rotatable bonds is 4. The maximum atomic E-state index is 11.8. The molecular formula is C12H20N2O. The van der Waals surface area contributed by atoms with E-state index in [1.54, 1.807) is 0 Å². The molecule has 0 aliphatic carbocycles. The van der Waals surface area contributed by atoms with Gasteiger partial charge in [0.2, 0.25) is 5.91 Å². The maximum absolute atomic E-state index is 11.8. The zero-order valence-electron chi connectivity index (χ0n) is 9.92. The number of carbonyl (C=O) groups excluding carboxylic acids is 1. The molecule has 1 aliphatic rings. The van der Waals surface area contributed by atoms with Gasteiger partial charge in [-0.3, -0.25) is 4.79 Å². The van der Waals surface area contributed by atoms with E-state index >= 15 is 0 Å². The van der Waals surface area contributed by atoms with Crippen molar-refractivity contribution in [1.82, 2.24) is 4.90 Å². The lowest BCUT2D eigenvalue weighted by Crippen LogP contribution is -2.48. The van der Waals surface area contributed by atoms with Crippen molar-refractivity contribution in [3.8, 4) is 6.07 Å². The van der Waals surface area contributed by atoms with Crippen molar-refractivity contribution in [1.29, 1.82) is 5.26 Å². The third kappa shape index (κ3) is 1.99. The van der Waals surface area contributed by atoms with Crippen LogP contribution in [-0.4, -0.2) is 22.9 Å². The molecule has 1 atom stereocenters. The molecule has 1 unspecified atom stereocenters. The monoisotopic (exact) mass is 208 g/mol. The van der Waals surface area contributed by atoms with Crippen molar-refractivity contribution in [3.05, 3.63) is 0 Å². The largest absolute Gasteiger partial charge is 0.336 e. The third-order valence-corrected chi connectivity index (χ3v) is 3.85. The molecule has 0 bridgehead atoms. The molecular weight excluding hydrogens is 188 g/mol. The molecule has 1 aliphatic heterocycles. The van der Waals surface area contributed by atoms with E-state index in [9.17, 15) is 4.79 Å². The van der Waals surface area contributed by atoms with E-state index in [-0.39, 0.29) is 17.4 Å². The molecule has 1 rings (SSSR count). The summed E-state index contributed by atoms with van der Waals surface area (Å²) in [5.41, 5.74) is -0.0112. The van der Waals surface area contributed by atoms with Crippen LogP contribution < -0.4 is 0 Å². The molecule has 0 spiro atoms. The van der Waals surface area contributed by atoms with E-state index in [2.05, 4.69) is 26.8 Å². The molecule has 1 heterocycles. The van der Waals surface area contributed by atoms with Crippen LogP contribution in [0.4, 0.5) is 0 Å². The minimum atomic E-state index is -0.0958. The van der Waals surface area contributed by atoms with Gasteiger partial charge >= 0.3 is 0 Å². The lowest BCUT2D eigenvalue weighted by molar-refractivity contribution is -0.133. The molecule has 0 aromatic heterocycles. The van der Waals surface area contributed by atoms with E-state index in [0.717, 1.165) is 19.3 Å². The zero-order valence-corrected chi connectivity index (χ0v) is 9.92. The maximum Gasteiger partial charge on any atom is 0.224 e. The van der Waals surface area contributed by atoms with Crippen LogP contribution in [0, 0.1) is 17.2 Å². The molecule has 3 heteroatoms. The van der Waals surface area contributed by atoms with Gasteiger partial charge in [-0.25, -0.2) is 0 Å². The molecule has 1 saturated heterocycles. The molecule has 15 heavy (non-hydrogen) atoms. The number of likely N-dealkylation sites (tertiary alicyclic amines) is 1. The van der Waals surface area contributed by atoms with Crippen molar-refractivity contribution >= 4 is 5.91 Å². The normalized spacial score (nSPS) is 21.9. The van der Waals surface area contributed by atoms with Crippen molar-refractivity contribution in [2.75, 3.05) is 6.54 Å². The highest BCUT2D eigenvalue weighted by molar-refractivity contribution is 5.80. The first-order chi connectivity index (χ1) is 7.13. The fourth-order valence-electron chi connectivity index (χ4n) is 2.57. The number of nitriles is 1. The average molecular weight is 208 g/mol. The summed E-state index contributed by atoms with van der Waals surface area (Å²) in [6, 6.07) is 2.21. The SMILES string of the molecule is CCC(CC)(CC)N1CC(C#N)CC1=O. The first-order valence-corrected chi connectivity index (χ1v) is 5.83. The van der Waals surface area contributed by atoms with Gasteiger partial charge in [0.1, 0.15) is 0 Å². The second kappa shape index (κ2) is 4.65. The van der Waals surface area contributed by atoms with Crippen molar-refractivity contribution < 1.29 is 4.79 Å². The van der Waals surface area contributed by atoms with Crippen LogP contribution in [0.15, 0.2) is 0 Å². The van der Waals surface area contributed by atoms with Crippen LogP contribution in [0.1, 0.15) is 46.5 Å². The van der Waals surface area contributed by atoms with E-state index in [1.807, 2.05) is 4.90 Å². The van der Waals surface area contributed by atoms with Crippen LogP contribution in [0.3, 0.4) is 0 Å². The highest BCUT2D eigenvalue weighted by Gasteiger charge is 2.41. The standard InChI is InChI=1S/C12H20N2O/c1-4-12(5-2,6-3)14-9-10(8-13)7-11(14)15/h10H,4-7,9H2,1-3H3. The highest BCUT2D eigenvalue weighted by Crippen LogP contribution is 2.33. The first kappa shape index (κ1) is 12.0. The van der Waals surface area contributed by atoms with Crippen LogP contribution in [0.5, 0.6) is 0 Å². The second-order valence-corrected chi connectivity index (χ2v) is 4.32. The summed E-state index contributed by atoms with van der Waals surface area (Å²) in [6.45, 7) is 7.00. The average Bonchev–Trinajstić information content (AvgIpc) is 2.64. The minimum Gasteiger partial charge on any atom is -0.336 e. The Kier molecular flexibility index (Phi) is 3.73. The molecule has 0 radical (unpaired) electrons. The molecule has 0 saturated carbocycles. The highest BCUT2D eigenvalue weighted by atomic mass is 16.2. The van der Waals surface area contributed by atoms with Crippen LogP contribution in [-0.2, 0) is 4.79 Å². The van der Waals surface area contributed by atoms with Gasteiger partial charge in [-0.1, -0.05) is 20.8 Å². The summed E-state index contributed by atoms with van der Waals surface area (Å²) in [4.78, 5) is 13.8. The summed E-state index contributed by atoms with van der Waals surface area (Å²) in [6.07, 6.45) is 3.34. The van der Waals surface area contributed by atoms with Gasteiger partial charge in [-0.05, 0) is 19.3 Å². The number of nitrogens with zero attached hydrogens (tertiary/aromatic N) is 2. The van der Waals surface area contributed by atoms with Gasteiger partial charge in [0.05, 0.1) is 12.0 Å². The Morgan fingerprint density at radius 2 is 1.93 bits per heavy atom. The topological polar surface area (TPSA) is 44.1 Å². The molecule has 3 nitrogen and oxygen atoms in total. The van der Waals surface area contributed by atoms with Crippen LogP contribution >= 0.6 is 0 Å². The Morgan fingerprint density at radius 1 is 1.40 bits per heavy atom. The Bertz CT molecular complexity index is 268. The lowest BCUT2D eigenvalue weighted by atomic mass is 9.88. The van der Waals surface area contributed by atoms with E-state index < -0.39 is 0 Å². The van der Waals surface area contributed by atoms with Crippen molar-refractivity contribution in [2.45, 2.75) is 52.0 Å². The zero-order chi connectivity index (χ0) is 11.5. The molecule has 0 N–H and O–H groups in total. The fourth-order valence-corrected chi connectivity index (χ4v) is 2.57. The fraction of sp³-hybridized carbons (Fsp3) is 0.833. The van der Waals surface area contributed by atoms with Gasteiger partial charge in [0.15, 0.2) is 0 Å². The quantitative estimate of drug-likeness (QED) is 0.711. The predicted octanol–water partition coefficient (Wildman–Crippen LogP) is 2.33. The van der Waals surface area contributed by atoms with E-state index in [0.29, 0.717) is 13.0 Å². The minimum absolute atomic E-state index is 0.0112. The lowest BCUT2D eigenvalue weighted by Gasteiger charge is -2.40. The van der Waals surface area contributed by atoms with E-state index in [4.69, 9.17) is 5.26 Å². The van der Waals surface area contributed by atoms with Gasteiger partial charge in [-0.15, -0.1) is 0 Å². The predicted molar refractivity (Wildman–Crippen MR) is 59.0 cm³/mol. The molecule has 0 aromatic carbocycles. The Morgan fingerprint density at radius 3 is 2.27 bits per heavy atom. The number of hydrogen-bond acceptors (Lipinski definition) is 2. The van der Waals surface area contributed by atoms with Crippen molar-refractivity contribution in [2.24, 2.45) is 5.92 Å². The van der Waals surface area contributed by atoms with Gasteiger partial charge in [0, 0.05) is 18.5 Å². The third-order valence-electron chi connectivity index (χ3n) is 3.85. The molecule has 1 amide bonds. The van der Waals surface area contributed by atoms with Crippen LogP contribution in [0.2, 0.25) is 0 Å². The summed E-state index contributed by atoms with van der Waals surface area (Å²) >= 11 is 0. The molecule has 84 valence electrons. The summed E-state index contributed by atoms with van der Waals surface area (Å²) < 4.78 is 0. The summed E-state index contributed by atoms with van der Waals surface area (Å²) in [7, 11) is 0. The van der Waals surface area contributed by atoms with Gasteiger partial charge < -0.3 is 4.90 Å². The van der Waals surface area contributed by atoms with Gasteiger partial charge in [-0.2, -0.15) is 5.26 Å². The summed E-state index contributed by atoms with van der Waals surface area (Å²) in [5.74, 6) is 0.0635. The second-order valence-electron chi connectivity index (χ2n) is 4.32. The smallest absolute Gasteiger partial charge is 0.224 e. The molecule has 1 fully saturated rings. The first-order valence-electron chi connectivity index (χ1n) is 5.83. The summed E-state index contributed by atoms with van der Waals surface area (Å²) in [5, 5.41) is 8.86. The Hall–Kier alpha value is -1.04. The number of amides is 1.